The van der Waals surface area contributed by atoms with E-state index in [-0.39, 0.29) is 22.7 Å². The van der Waals surface area contributed by atoms with Crippen molar-refractivity contribution in [1.82, 2.24) is 0 Å². The smallest absolute Gasteiger partial charge is 0.219 e. The monoisotopic (exact) mass is 369 g/mol. The van der Waals surface area contributed by atoms with E-state index in [9.17, 15) is 5.11 Å². The molecular weight excluding hydrogens is 354 g/mol. The van der Waals surface area contributed by atoms with E-state index in [4.69, 9.17) is 4.74 Å². The molecule has 0 fully saturated rings. The highest BCUT2D eigenvalue weighted by molar-refractivity contribution is 5.98. The summed E-state index contributed by atoms with van der Waals surface area (Å²) in [4.78, 5) is 0. The van der Waals surface area contributed by atoms with Crippen molar-refractivity contribution in [3.05, 3.63) is 60.9 Å². The summed E-state index contributed by atoms with van der Waals surface area (Å²) in [5.41, 5.74) is 1.12. The number of benzene rings is 2. The number of fused-ring (bicyclic) bond motifs is 4. The van der Waals surface area contributed by atoms with Gasteiger partial charge in [0, 0.05) is 12.1 Å². The standard InChI is InChI=1S/C19H15NO2.BrH/c1-2-22-18-8-7-14-11-17-15-6-4-3-5-13(15)9-10-20(17)12-16(14)19(18)21;/h3-12H,2H2,1H3;1H. The number of pyridine rings is 2. The van der Waals surface area contributed by atoms with Crippen LogP contribution in [0, 0.1) is 0 Å². The molecule has 4 aromatic rings. The number of aromatic hydroxyl groups is 1. The topological polar surface area (TPSA) is 33.6 Å². The van der Waals surface area contributed by atoms with Crippen LogP contribution in [0.25, 0.3) is 27.1 Å². The molecule has 0 atom stereocenters. The van der Waals surface area contributed by atoms with Gasteiger partial charge in [-0.3, -0.25) is 0 Å². The molecule has 2 heterocycles. The molecular formula is C19H16BrNO2. The lowest BCUT2D eigenvalue weighted by Gasteiger charge is -2.08. The summed E-state index contributed by atoms with van der Waals surface area (Å²) in [7, 11) is 0. The largest absolute Gasteiger partial charge is 1.00 e. The van der Waals surface area contributed by atoms with Crippen LogP contribution in [-0.2, 0) is 0 Å². The van der Waals surface area contributed by atoms with E-state index >= 15 is 0 Å². The molecule has 0 bridgehead atoms. The van der Waals surface area contributed by atoms with Crippen molar-refractivity contribution < 1.29 is 31.2 Å². The third-order valence-corrected chi connectivity index (χ3v) is 4.00. The highest BCUT2D eigenvalue weighted by Crippen LogP contribution is 2.34. The molecule has 0 saturated carbocycles. The van der Waals surface area contributed by atoms with E-state index < -0.39 is 0 Å². The van der Waals surface area contributed by atoms with Gasteiger partial charge in [-0.1, -0.05) is 18.2 Å². The zero-order valence-electron chi connectivity index (χ0n) is 12.7. The van der Waals surface area contributed by atoms with Crippen molar-refractivity contribution in [2.24, 2.45) is 0 Å². The lowest BCUT2D eigenvalue weighted by Crippen LogP contribution is -3.00. The maximum absolute atomic E-state index is 10.4. The SMILES string of the molecule is CCOc1ccc2cc3c4ccccc4cc[n+]3cc2c1O.[Br-]. The predicted octanol–water partition coefficient (Wildman–Crippen LogP) is 0.840. The number of phenolic OH excluding ortho intramolecular Hbond substituents is 1. The number of hydrogen-bond donors (Lipinski definition) is 1. The van der Waals surface area contributed by atoms with Gasteiger partial charge in [-0.15, -0.1) is 0 Å². The molecule has 23 heavy (non-hydrogen) atoms. The lowest BCUT2D eigenvalue weighted by molar-refractivity contribution is -0.509. The third-order valence-electron chi connectivity index (χ3n) is 4.00. The molecule has 116 valence electrons. The van der Waals surface area contributed by atoms with E-state index in [0.29, 0.717) is 12.4 Å². The van der Waals surface area contributed by atoms with Gasteiger partial charge in [0.05, 0.1) is 17.4 Å². The lowest BCUT2D eigenvalue weighted by atomic mass is 10.1. The molecule has 0 amide bonds. The summed E-state index contributed by atoms with van der Waals surface area (Å²) in [5.74, 6) is 0.720. The zero-order chi connectivity index (χ0) is 15.1. The third kappa shape index (κ3) is 2.49. The summed E-state index contributed by atoms with van der Waals surface area (Å²) < 4.78 is 7.51. The van der Waals surface area contributed by atoms with Gasteiger partial charge < -0.3 is 26.8 Å². The fourth-order valence-electron chi connectivity index (χ4n) is 2.94. The molecule has 0 radical (unpaired) electrons. The highest BCUT2D eigenvalue weighted by Gasteiger charge is 2.14. The van der Waals surface area contributed by atoms with Crippen LogP contribution >= 0.6 is 0 Å². The molecule has 1 N–H and O–H groups in total. The van der Waals surface area contributed by atoms with Crippen molar-refractivity contribution in [1.29, 1.82) is 0 Å². The first-order valence-electron chi connectivity index (χ1n) is 7.39. The van der Waals surface area contributed by atoms with E-state index in [1.807, 2.05) is 48.0 Å². The highest BCUT2D eigenvalue weighted by atomic mass is 79.9. The van der Waals surface area contributed by atoms with E-state index in [1.165, 1.54) is 10.8 Å². The number of nitrogens with zero attached hydrogens (tertiary/aromatic N) is 1. The van der Waals surface area contributed by atoms with Crippen molar-refractivity contribution in [2.45, 2.75) is 6.92 Å². The molecule has 2 aromatic heterocycles. The predicted molar refractivity (Wildman–Crippen MR) is 87.4 cm³/mol. The Morgan fingerprint density at radius 2 is 1.83 bits per heavy atom. The van der Waals surface area contributed by atoms with Gasteiger partial charge in [0.1, 0.15) is 0 Å². The van der Waals surface area contributed by atoms with Crippen LogP contribution in [-0.4, -0.2) is 11.7 Å². The van der Waals surface area contributed by atoms with Crippen LogP contribution in [0.3, 0.4) is 0 Å². The number of halogens is 1. The van der Waals surface area contributed by atoms with Crippen LogP contribution in [0.4, 0.5) is 0 Å². The van der Waals surface area contributed by atoms with E-state index in [2.05, 4.69) is 24.3 Å². The summed E-state index contributed by atoms with van der Waals surface area (Å²) in [6, 6.07) is 16.3. The number of ether oxygens (including phenoxy) is 1. The first-order valence-corrected chi connectivity index (χ1v) is 7.39. The number of hydrogen-bond acceptors (Lipinski definition) is 2. The number of rotatable bonds is 2. The van der Waals surface area contributed by atoms with Crippen LogP contribution in [0.2, 0.25) is 0 Å². The summed E-state index contributed by atoms with van der Waals surface area (Å²) in [5, 5.41) is 14.6. The average molecular weight is 370 g/mol. The second-order valence-corrected chi connectivity index (χ2v) is 5.32. The molecule has 0 aliphatic heterocycles. The Labute approximate surface area is 144 Å². The normalized spacial score (nSPS) is 10.8. The Bertz CT molecular complexity index is 1010. The second kappa shape index (κ2) is 6.05. The van der Waals surface area contributed by atoms with Crippen LogP contribution in [0.1, 0.15) is 6.92 Å². The fraction of sp³-hybridized carbons (Fsp3) is 0.105. The zero-order valence-corrected chi connectivity index (χ0v) is 14.2. The number of aromatic nitrogens is 1. The molecule has 4 rings (SSSR count). The van der Waals surface area contributed by atoms with Crippen molar-refractivity contribution in [2.75, 3.05) is 6.61 Å². The Kier molecular flexibility index (Phi) is 4.09. The molecule has 3 nitrogen and oxygen atoms in total. The molecule has 0 unspecified atom stereocenters. The molecule has 4 heteroatoms. The Morgan fingerprint density at radius 1 is 1.00 bits per heavy atom. The van der Waals surface area contributed by atoms with Gasteiger partial charge >= 0.3 is 0 Å². The van der Waals surface area contributed by atoms with Crippen LogP contribution in [0.5, 0.6) is 11.5 Å². The second-order valence-electron chi connectivity index (χ2n) is 5.32. The average Bonchev–Trinajstić information content (AvgIpc) is 2.56. The fourth-order valence-corrected chi connectivity index (χ4v) is 2.94. The van der Waals surface area contributed by atoms with Gasteiger partial charge in [0.2, 0.25) is 5.52 Å². The van der Waals surface area contributed by atoms with E-state index in [0.717, 1.165) is 16.3 Å². The maximum atomic E-state index is 10.4. The Morgan fingerprint density at radius 3 is 2.65 bits per heavy atom. The first kappa shape index (κ1) is 15.6. The van der Waals surface area contributed by atoms with Crippen molar-refractivity contribution in [3.63, 3.8) is 0 Å². The van der Waals surface area contributed by atoms with Crippen molar-refractivity contribution >= 4 is 27.1 Å². The van der Waals surface area contributed by atoms with Gasteiger partial charge in [-0.05, 0) is 35.9 Å². The van der Waals surface area contributed by atoms with Crippen molar-refractivity contribution in [3.8, 4) is 11.5 Å². The molecule has 2 aromatic carbocycles. The molecule has 0 aliphatic rings. The molecule has 0 spiro atoms. The minimum atomic E-state index is 0. The molecule has 0 aliphatic carbocycles. The minimum Gasteiger partial charge on any atom is -1.00 e. The van der Waals surface area contributed by atoms with Crippen LogP contribution < -0.4 is 26.1 Å². The van der Waals surface area contributed by atoms with Gasteiger partial charge in [-0.25, -0.2) is 0 Å². The van der Waals surface area contributed by atoms with Crippen LogP contribution in [0.15, 0.2) is 60.9 Å². The van der Waals surface area contributed by atoms with E-state index in [1.54, 1.807) is 0 Å². The summed E-state index contributed by atoms with van der Waals surface area (Å²) in [6.45, 7) is 2.44. The van der Waals surface area contributed by atoms with Gasteiger partial charge in [0.15, 0.2) is 23.9 Å². The minimum absolute atomic E-state index is 0. The molecule has 0 saturated heterocycles. The Hall–Kier alpha value is -2.33. The van der Waals surface area contributed by atoms with Gasteiger partial charge in [0.25, 0.3) is 0 Å². The Balaban J connectivity index is 0.00000156. The number of phenols is 1. The summed E-state index contributed by atoms with van der Waals surface area (Å²) in [6.07, 6.45) is 3.97. The first-order chi connectivity index (χ1) is 10.8. The summed E-state index contributed by atoms with van der Waals surface area (Å²) >= 11 is 0. The van der Waals surface area contributed by atoms with Gasteiger partial charge in [-0.2, -0.15) is 4.40 Å². The maximum Gasteiger partial charge on any atom is 0.219 e. The quantitative estimate of drug-likeness (QED) is 0.322.